The number of carbonyl (C=O) groups is 1. The Morgan fingerprint density at radius 2 is 2.05 bits per heavy atom. The van der Waals surface area contributed by atoms with Crippen molar-refractivity contribution >= 4 is 5.91 Å². The van der Waals surface area contributed by atoms with Gasteiger partial charge in [0.2, 0.25) is 5.91 Å². The lowest BCUT2D eigenvalue weighted by Crippen LogP contribution is -2.45. The molecule has 1 saturated carbocycles. The maximum atomic E-state index is 12.8. The molecule has 0 aromatic heterocycles. The number of hydrogen-bond acceptors (Lipinski definition) is 3. The zero-order chi connectivity index (χ0) is 14.8. The highest BCUT2D eigenvalue weighted by molar-refractivity contribution is 5.89. The Morgan fingerprint density at radius 3 is 2.60 bits per heavy atom. The molecule has 1 aliphatic carbocycles. The van der Waals surface area contributed by atoms with Gasteiger partial charge in [0.25, 0.3) is 0 Å². The van der Waals surface area contributed by atoms with Crippen LogP contribution in [0.15, 0.2) is 0 Å². The summed E-state index contributed by atoms with van der Waals surface area (Å²) in [4.78, 5) is 17.3. The van der Waals surface area contributed by atoms with E-state index in [0.29, 0.717) is 11.9 Å². The van der Waals surface area contributed by atoms with E-state index >= 15 is 0 Å². The Balaban J connectivity index is 1.97. The minimum absolute atomic E-state index is 0.213. The van der Waals surface area contributed by atoms with Gasteiger partial charge in [-0.05, 0) is 39.7 Å². The molecule has 4 nitrogen and oxygen atoms in total. The molecule has 2 unspecified atom stereocenters. The second kappa shape index (κ2) is 6.44. The van der Waals surface area contributed by atoms with E-state index in [9.17, 15) is 4.79 Å². The van der Waals surface area contributed by atoms with E-state index in [0.717, 1.165) is 38.8 Å². The predicted octanol–water partition coefficient (Wildman–Crippen LogP) is 2.20. The van der Waals surface area contributed by atoms with Crippen LogP contribution in [-0.4, -0.2) is 53.6 Å². The average molecular weight is 281 g/mol. The third-order valence-corrected chi connectivity index (χ3v) is 5.37. The summed E-state index contributed by atoms with van der Waals surface area (Å²) in [5, 5.41) is 3.64. The van der Waals surface area contributed by atoms with Gasteiger partial charge in [0.15, 0.2) is 0 Å². The fraction of sp³-hybridized carbons (Fsp3) is 0.938. The summed E-state index contributed by atoms with van der Waals surface area (Å²) in [6.07, 6.45) is 6.83. The van der Waals surface area contributed by atoms with Gasteiger partial charge in [-0.15, -0.1) is 0 Å². The molecule has 1 N–H and O–H groups in total. The van der Waals surface area contributed by atoms with E-state index in [2.05, 4.69) is 42.9 Å². The van der Waals surface area contributed by atoms with Crippen molar-refractivity contribution in [3.8, 4) is 0 Å². The van der Waals surface area contributed by atoms with Gasteiger partial charge in [-0.3, -0.25) is 10.1 Å². The lowest BCUT2D eigenvalue weighted by molar-refractivity contribution is -0.133. The molecule has 0 aromatic rings. The molecule has 20 heavy (non-hydrogen) atoms. The minimum Gasteiger partial charge on any atom is -0.324 e. The van der Waals surface area contributed by atoms with Crippen LogP contribution in [-0.2, 0) is 4.79 Å². The standard InChI is InChI=1S/C16H31N3O/c1-5-13(3)18(4)11-12-19-14(6-2)17-16(15(19)20)9-7-8-10-16/h13-14,17H,5-12H2,1-4H3. The third-order valence-electron chi connectivity index (χ3n) is 5.37. The number of rotatable bonds is 6. The number of hydrogen-bond donors (Lipinski definition) is 1. The zero-order valence-corrected chi connectivity index (χ0v) is 13.6. The first kappa shape index (κ1) is 15.8. The van der Waals surface area contributed by atoms with Crippen molar-refractivity contribution in [1.82, 2.24) is 15.1 Å². The van der Waals surface area contributed by atoms with Gasteiger partial charge in [0, 0.05) is 19.1 Å². The number of amides is 1. The van der Waals surface area contributed by atoms with Gasteiger partial charge in [-0.2, -0.15) is 0 Å². The van der Waals surface area contributed by atoms with Crippen LogP contribution in [0.3, 0.4) is 0 Å². The Kier molecular flexibility index (Phi) is 5.08. The van der Waals surface area contributed by atoms with E-state index < -0.39 is 0 Å². The molecule has 116 valence electrons. The normalized spacial score (nSPS) is 26.9. The van der Waals surface area contributed by atoms with Gasteiger partial charge >= 0.3 is 0 Å². The van der Waals surface area contributed by atoms with E-state index in [1.165, 1.54) is 12.8 Å². The molecule has 0 aromatic carbocycles. The van der Waals surface area contributed by atoms with Gasteiger partial charge in [-0.1, -0.05) is 26.7 Å². The maximum absolute atomic E-state index is 12.8. The molecular formula is C16H31N3O. The highest BCUT2D eigenvalue weighted by atomic mass is 16.2. The van der Waals surface area contributed by atoms with Crippen molar-refractivity contribution in [3.05, 3.63) is 0 Å². The highest BCUT2D eigenvalue weighted by Gasteiger charge is 2.51. The van der Waals surface area contributed by atoms with Gasteiger partial charge in [0.05, 0.1) is 11.7 Å². The zero-order valence-electron chi connectivity index (χ0n) is 13.6. The Labute approximate surface area is 123 Å². The smallest absolute Gasteiger partial charge is 0.244 e. The summed E-state index contributed by atoms with van der Waals surface area (Å²) in [7, 11) is 2.16. The van der Waals surface area contributed by atoms with Crippen LogP contribution in [0, 0.1) is 0 Å². The molecule has 1 aliphatic heterocycles. The first-order valence-corrected chi connectivity index (χ1v) is 8.33. The quantitative estimate of drug-likeness (QED) is 0.811. The van der Waals surface area contributed by atoms with E-state index in [1.807, 2.05) is 0 Å². The van der Waals surface area contributed by atoms with Gasteiger partial charge < -0.3 is 9.80 Å². The molecule has 1 saturated heterocycles. The molecule has 1 heterocycles. The van der Waals surface area contributed by atoms with Crippen LogP contribution in [0.2, 0.25) is 0 Å². The molecule has 2 atom stereocenters. The van der Waals surface area contributed by atoms with Gasteiger partial charge in [-0.25, -0.2) is 0 Å². The largest absolute Gasteiger partial charge is 0.324 e. The van der Waals surface area contributed by atoms with Crippen molar-refractivity contribution in [2.24, 2.45) is 0 Å². The van der Waals surface area contributed by atoms with Crippen LogP contribution in [0.5, 0.6) is 0 Å². The summed E-state index contributed by atoms with van der Waals surface area (Å²) in [5.41, 5.74) is -0.213. The average Bonchev–Trinajstić information content (AvgIpc) is 3.03. The molecule has 4 heteroatoms. The maximum Gasteiger partial charge on any atom is 0.244 e. The number of nitrogens with zero attached hydrogens (tertiary/aromatic N) is 2. The summed E-state index contributed by atoms with van der Waals surface area (Å²) >= 11 is 0. The van der Waals surface area contributed by atoms with E-state index in [4.69, 9.17) is 0 Å². The molecule has 2 aliphatic rings. The van der Waals surface area contributed by atoms with E-state index in [-0.39, 0.29) is 11.7 Å². The molecule has 1 amide bonds. The van der Waals surface area contributed by atoms with Crippen molar-refractivity contribution in [2.75, 3.05) is 20.1 Å². The third kappa shape index (κ3) is 2.86. The van der Waals surface area contributed by atoms with Crippen LogP contribution in [0.25, 0.3) is 0 Å². The lowest BCUT2D eigenvalue weighted by Gasteiger charge is -2.29. The fourth-order valence-corrected chi connectivity index (χ4v) is 3.59. The first-order valence-electron chi connectivity index (χ1n) is 8.33. The summed E-state index contributed by atoms with van der Waals surface area (Å²) < 4.78 is 0. The molecule has 2 fully saturated rings. The van der Waals surface area contributed by atoms with Gasteiger partial charge in [0.1, 0.15) is 0 Å². The summed E-state index contributed by atoms with van der Waals surface area (Å²) in [6.45, 7) is 8.46. The first-order chi connectivity index (χ1) is 9.54. The second-order valence-corrected chi connectivity index (χ2v) is 6.59. The monoisotopic (exact) mass is 281 g/mol. The van der Waals surface area contributed by atoms with Crippen LogP contribution >= 0.6 is 0 Å². The predicted molar refractivity (Wildman–Crippen MR) is 82.5 cm³/mol. The lowest BCUT2D eigenvalue weighted by atomic mass is 9.98. The second-order valence-electron chi connectivity index (χ2n) is 6.59. The molecule has 0 radical (unpaired) electrons. The number of likely N-dealkylation sites (N-methyl/N-ethyl adjacent to an activating group) is 1. The van der Waals surface area contributed by atoms with Crippen molar-refractivity contribution in [3.63, 3.8) is 0 Å². The highest BCUT2D eigenvalue weighted by Crippen LogP contribution is 2.36. The summed E-state index contributed by atoms with van der Waals surface area (Å²) in [5.74, 6) is 0.361. The topological polar surface area (TPSA) is 35.6 Å². The Hall–Kier alpha value is -0.610. The molecule has 1 spiro atoms. The SMILES string of the molecule is CCC(C)N(C)CCN1C(=O)C2(CCCC2)NC1CC. The molecular weight excluding hydrogens is 250 g/mol. The van der Waals surface area contributed by atoms with Crippen molar-refractivity contribution in [1.29, 1.82) is 0 Å². The van der Waals surface area contributed by atoms with E-state index in [1.54, 1.807) is 0 Å². The Bertz CT molecular complexity index is 339. The molecule has 2 rings (SSSR count). The van der Waals surface area contributed by atoms with Crippen LogP contribution in [0.1, 0.15) is 59.3 Å². The number of carbonyl (C=O) groups excluding carboxylic acids is 1. The molecule has 0 bridgehead atoms. The number of nitrogens with one attached hydrogen (secondary N) is 1. The van der Waals surface area contributed by atoms with Crippen molar-refractivity contribution < 1.29 is 4.79 Å². The fourth-order valence-electron chi connectivity index (χ4n) is 3.59. The van der Waals surface area contributed by atoms with Crippen LogP contribution < -0.4 is 5.32 Å². The van der Waals surface area contributed by atoms with Crippen LogP contribution in [0.4, 0.5) is 0 Å². The summed E-state index contributed by atoms with van der Waals surface area (Å²) in [6, 6.07) is 0.584. The Morgan fingerprint density at radius 1 is 1.40 bits per heavy atom. The minimum atomic E-state index is -0.213. The van der Waals surface area contributed by atoms with Crippen molar-refractivity contribution in [2.45, 2.75) is 77.0 Å².